The largest absolute Gasteiger partial charge is 0.493 e. The molecule has 0 aliphatic carbocycles. The predicted octanol–water partition coefficient (Wildman–Crippen LogP) is 2.74. The smallest absolute Gasteiger partial charge is 0.323 e. The standard InChI is InChI=1S/C14H15N3O3/c1-19-12-4-3-11(9-13(12)20-2)17-14(18)16-10-5-7-15-8-6-10/h3-9H,1-2H3,(H2,15,16,17,18). The molecule has 20 heavy (non-hydrogen) atoms. The lowest BCUT2D eigenvalue weighted by Crippen LogP contribution is -2.19. The summed E-state index contributed by atoms with van der Waals surface area (Å²) in [5, 5.41) is 5.40. The summed E-state index contributed by atoms with van der Waals surface area (Å²) in [4.78, 5) is 15.7. The maximum Gasteiger partial charge on any atom is 0.323 e. The fraction of sp³-hybridized carbons (Fsp3) is 0.143. The second kappa shape index (κ2) is 6.42. The number of nitrogens with zero attached hydrogens (tertiary/aromatic N) is 1. The summed E-state index contributed by atoms with van der Waals surface area (Å²) < 4.78 is 10.3. The number of ether oxygens (including phenoxy) is 2. The first-order valence-corrected chi connectivity index (χ1v) is 5.93. The van der Waals surface area contributed by atoms with Crippen molar-refractivity contribution in [3.63, 3.8) is 0 Å². The lowest BCUT2D eigenvalue weighted by Gasteiger charge is -2.11. The molecule has 0 fully saturated rings. The third-order valence-corrected chi connectivity index (χ3v) is 2.58. The highest BCUT2D eigenvalue weighted by atomic mass is 16.5. The van der Waals surface area contributed by atoms with E-state index in [9.17, 15) is 4.79 Å². The fourth-order valence-corrected chi connectivity index (χ4v) is 1.64. The van der Waals surface area contributed by atoms with Crippen LogP contribution in [0.3, 0.4) is 0 Å². The van der Waals surface area contributed by atoms with E-state index in [1.165, 1.54) is 0 Å². The van der Waals surface area contributed by atoms with Crippen LogP contribution in [-0.4, -0.2) is 25.2 Å². The summed E-state index contributed by atoms with van der Waals surface area (Å²) in [5.41, 5.74) is 1.27. The molecule has 2 N–H and O–H groups in total. The van der Waals surface area contributed by atoms with Crippen LogP contribution in [0.2, 0.25) is 0 Å². The van der Waals surface area contributed by atoms with E-state index < -0.39 is 0 Å². The van der Waals surface area contributed by atoms with Gasteiger partial charge in [-0.2, -0.15) is 0 Å². The number of benzene rings is 1. The Morgan fingerprint density at radius 1 is 0.950 bits per heavy atom. The highest BCUT2D eigenvalue weighted by molar-refractivity contribution is 5.99. The summed E-state index contributed by atoms with van der Waals surface area (Å²) in [6, 6.07) is 8.20. The van der Waals surface area contributed by atoms with Crippen LogP contribution in [0.5, 0.6) is 11.5 Å². The fourth-order valence-electron chi connectivity index (χ4n) is 1.64. The number of methoxy groups -OCH3 is 2. The Bertz CT molecular complexity index is 587. The molecule has 0 bridgehead atoms. The molecule has 2 amide bonds. The van der Waals surface area contributed by atoms with Crippen LogP contribution in [0.15, 0.2) is 42.7 Å². The van der Waals surface area contributed by atoms with E-state index in [0.29, 0.717) is 22.9 Å². The zero-order chi connectivity index (χ0) is 14.4. The molecule has 2 aromatic rings. The molecule has 0 aliphatic heterocycles. The van der Waals surface area contributed by atoms with Crippen LogP contribution >= 0.6 is 0 Å². The van der Waals surface area contributed by atoms with Gasteiger partial charge in [0, 0.05) is 29.8 Å². The van der Waals surface area contributed by atoms with Crippen molar-refractivity contribution in [2.75, 3.05) is 24.9 Å². The third kappa shape index (κ3) is 3.38. The molecule has 0 radical (unpaired) electrons. The predicted molar refractivity (Wildman–Crippen MR) is 76.4 cm³/mol. The molecule has 6 heteroatoms. The molecule has 0 spiro atoms. The van der Waals surface area contributed by atoms with Crippen molar-refractivity contribution in [3.05, 3.63) is 42.7 Å². The number of carbonyl (C=O) groups excluding carboxylic acids is 1. The Morgan fingerprint density at radius 3 is 2.25 bits per heavy atom. The van der Waals surface area contributed by atoms with Gasteiger partial charge >= 0.3 is 6.03 Å². The van der Waals surface area contributed by atoms with E-state index in [-0.39, 0.29) is 6.03 Å². The monoisotopic (exact) mass is 273 g/mol. The highest BCUT2D eigenvalue weighted by Gasteiger charge is 2.07. The number of amides is 2. The first-order valence-electron chi connectivity index (χ1n) is 5.93. The maximum absolute atomic E-state index is 11.8. The molecular formula is C14H15N3O3. The molecule has 6 nitrogen and oxygen atoms in total. The van der Waals surface area contributed by atoms with Crippen molar-refractivity contribution < 1.29 is 14.3 Å². The number of anilines is 2. The third-order valence-electron chi connectivity index (χ3n) is 2.58. The summed E-state index contributed by atoms with van der Waals surface area (Å²) in [7, 11) is 3.10. The van der Waals surface area contributed by atoms with Crippen LogP contribution in [0.4, 0.5) is 16.2 Å². The number of hydrogen-bond donors (Lipinski definition) is 2. The van der Waals surface area contributed by atoms with Crippen molar-refractivity contribution in [3.8, 4) is 11.5 Å². The molecular weight excluding hydrogens is 258 g/mol. The van der Waals surface area contributed by atoms with E-state index in [1.807, 2.05) is 0 Å². The molecule has 104 valence electrons. The van der Waals surface area contributed by atoms with Gasteiger partial charge in [-0.3, -0.25) is 4.98 Å². The minimum absolute atomic E-state index is 0.344. The first kappa shape index (κ1) is 13.7. The number of aromatic nitrogens is 1. The SMILES string of the molecule is COc1ccc(NC(=O)Nc2ccncc2)cc1OC. The zero-order valence-corrected chi connectivity index (χ0v) is 11.2. The molecule has 0 unspecified atom stereocenters. The van der Waals surface area contributed by atoms with Gasteiger partial charge in [-0.25, -0.2) is 4.79 Å². The number of urea groups is 1. The van der Waals surface area contributed by atoms with Gasteiger partial charge in [0.05, 0.1) is 14.2 Å². The van der Waals surface area contributed by atoms with Crippen LogP contribution in [0.25, 0.3) is 0 Å². The Kier molecular flexibility index (Phi) is 4.39. The van der Waals surface area contributed by atoms with Gasteiger partial charge in [-0.05, 0) is 24.3 Å². The van der Waals surface area contributed by atoms with Crippen LogP contribution in [0, 0.1) is 0 Å². The summed E-state index contributed by atoms with van der Waals surface area (Å²) in [5.74, 6) is 1.15. The molecule has 0 saturated heterocycles. The molecule has 1 heterocycles. The van der Waals surface area contributed by atoms with Gasteiger partial charge in [0.1, 0.15) is 0 Å². The minimum atomic E-state index is -0.344. The van der Waals surface area contributed by atoms with Gasteiger partial charge in [0.25, 0.3) is 0 Å². The minimum Gasteiger partial charge on any atom is -0.493 e. The number of hydrogen-bond acceptors (Lipinski definition) is 4. The van der Waals surface area contributed by atoms with Crippen LogP contribution < -0.4 is 20.1 Å². The van der Waals surface area contributed by atoms with Crippen molar-refractivity contribution in [2.24, 2.45) is 0 Å². The van der Waals surface area contributed by atoms with E-state index in [0.717, 1.165) is 0 Å². The van der Waals surface area contributed by atoms with Crippen LogP contribution in [-0.2, 0) is 0 Å². The second-order valence-electron chi connectivity index (χ2n) is 3.88. The van der Waals surface area contributed by atoms with E-state index in [1.54, 1.807) is 56.9 Å². The zero-order valence-electron chi connectivity index (χ0n) is 11.2. The van der Waals surface area contributed by atoms with E-state index in [4.69, 9.17) is 9.47 Å². The molecule has 1 aromatic heterocycles. The van der Waals surface area contributed by atoms with Crippen molar-refractivity contribution in [1.29, 1.82) is 0 Å². The summed E-state index contributed by atoms with van der Waals surface area (Å²) in [6.07, 6.45) is 3.21. The van der Waals surface area contributed by atoms with Crippen molar-refractivity contribution in [1.82, 2.24) is 4.98 Å². The Labute approximate surface area is 116 Å². The highest BCUT2D eigenvalue weighted by Crippen LogP contribution is 2.29. The Morgan fingerprint density at radius 2 is 1.60 bits per heavy atom. The number of rotatable bonds is 4. The number of carbonyl (C=O) groups is 1. The molecule has 0 saturated carbocycles. The molecule has 1 aromatic carbocycles. The van der Waals surface area contributed by atoms with Gasteiger partial charge in [0.2, 0.25) is 0 Å². The lowest BCUT2D eigenvalue weighted by atomic mass is 10.3. The van der Waals surface area contributed by atoms with E-state index in [2.05, 4.69) is 15.6 Å². The maximum atomic E-state index is 11.8. The molecule has 0 aliphatic rings. The average molecular weight is 273 g/mol. The van der Waals surface area contributed by atoms with Gasteiger partial charge in [-0.1, -0.05) is 0 Å². The second-order valence-corrected chi connectivity index (χ2v) is 3.88. The van der Waals surface area contributed by atoms with Crippen molar-refractivity contribution >= 4 is 17.4 Å². The quantitative estimate of drug-likeness (QED) is 0.898. The Hall–Kier alpha value is -2.76. The van der Waals surface area contributed by atoms with Gasteiger partial charge in [-0.15, -0.1) is 0 Å². The van der Waals surface area contributed by atoms with E-state index >= 15 is 0 Å². The Balaban J connectivity index is 2.04. The molecule has 2 rings (SSSR count). The topological polar surface area (TPSA) is 72.5 Å². The van der Waals surface area contributed by atoms with Gasteiger partial charge < -0.3 is 20.1 Å². The average Bonchev–Trinajstić information content (AvgIpc) is 2.48. The van der Waals surface area contributed by atoms with Crippen molar-refractivity contribution in [2.45, 2.75) is 0 Å². The lowest BCUT2D eigenvalue weighted by molar-refractivity contribution is 0.262. The normalized spacial score (nSPS) is 9.70. The van der Waals surface area contributed by atoms with Crippen LogP contribution in [0.1, 0.15) is 0 Å². The van der Waals surface area contributed by atoms with Gasteiger partial charge in [0.15, 0.2) is 11.5 Å². The summed E-state index contributed by atoms with van der Waals surface area (Å²) >= 11 is 0. The number of pyridine rings is 1. The number of nitrogens with one attached hydrogen (secondary N) is 2. The molecule has 0 atom stereocenters. The summed E-state index contributed by atoms with van der Waals surface area (Å²) in [6.45, 7) is 0. The first-order chi connectivity index (χ1) is 9.72.